The summed E-state index contributed by atoms with van der Waals surface area (Å²) in [6.45, 7) is 0. The molecule has 2 N–H and O–H groups in total. The Morgan fingerprint density at radius 3 is 2.82 bits per heavy atom. The first-order valence-electron chi connectivity index (χ1n) is 7.34. The third kappa shape index (κ3) is 3.96. The van der Waals surface area contributed by atoms with E-state index in [2.05, 4.69) is 5.32 Å². The second-order valence-corrected chi connectivity index (χ2v) is 5.55. The van der Waals surface area contributed by atoms with Crippen molar-refractivity contribution >= 4 is 11.9 Å². The van der Waals surface area contributed by atoms with Gasteiger partial charge in [0.15, 0.2) is 11.6 Å². The van der Waals surface area contributed by atoms with E-state index in [-0.39, 0.29) is 36.5 Å². The molecule has 1 aliphatic rings. The van der Waals surface area contributed by atoms with Crippen LogP contribution < -0.4 is 10.1 Å². The summed E-state index contributed by atoms with van der Waals surface area (Å²) in [5.41, 5.74) is 0.435. The third-order valence-electron chi connectivity index (χ3n) is 4.03. The van der Waals surface area contributed by atoms with Crippen molar-refractivity contribution in [1.82, 2.24) is 5.32 Å². The molecule has 0 heterocycles. The first kappa shape index (κ1) is 16.3. The monoisotopic (exact) mass is 309 g/mol. The van der Waals surface area contributed by atoms with E-state index in [1.165, 1.54) is 13.2 Å². The molecule has 1 aromatic rings. The van der Waals surface area contributed by atoms with Crippen molar-refractivity contribution in [2.24, 2.45) is 5.92 Å². The predicted octanol–water partition coefficient (Wildman–Crippen LogP) is 2.14. The van der Waals surface area contributed by atoms with E-state index in [9.17, 15) is 14.0 Å². The maximum atomic E-state index is 13.9. The van der Waals surface area contributed by atoms with Crippen LogP contribution in [-0.4, -0.2) is 30.1 Å². The van der Waals surface area contributed by atoms with Crippen molar-refractivity contribution < 1.29 is 23.8 Å². The van der Waals surface area contributed by atoms with Crippen LogP contribution in [0.1, 0.15) is 31.2 Å². The molecule has 2 rings (SSSR count). The highest BCUT2D eigenvalue weighted by atomic mass is 19.1. The minimum Gasteiger partial charge on any atom is -0.494 e. The van der Waals surface area contributed by atoms with Gasteiger partial charge in [0.25, 0.3) is 0 Å². The van der Waals surface area contributed by atoms with Gasteiger partial charge in [-0.1, -0.05) is 12.1 Å². The first-order chi connectivity index (χ1) is 10.5. The number of nitrogens with one attached hydrogen (secondary N) is 1. The van der Waals surface area contributed by atoms with Crippen LogP contribution in [-0.2, 0) is 16.0 Å². The molecule has 120 valence electrons. The minimum absolute atomic E-state index is 0.0937. The summed E-state index contributed by atoms with van der Waals surface area (Å²) in [4.78, 5) is 22.8. The summed E-state index contributed by atoms with van der Waals surface area (Å²) in [6.07, 6.45) is 2.18. The molecule has 0 unspecified atom stereocenters. The maximum Gasteiger partial charge on any atom is 0.306 e. The Morgan fingerprint density at radius 1 is 1.41 bits per heavy atom. The molecule has 1 amide bonds. The van der Waals surface area contributed by atoms with Gasteiger partial charge in [-0.15, -0.1) is 0 Å². The van der Waals surface area contributed by atoms with Gasteiger partial charge in [0.2, 0.25) is 5.91 Å². The molecule has 0 aromatic heterocycles. The molecule has 0 saturated heterocycles. The molecule has 0 radical (unpaired) electrons. The molecule has 0 aliphatic heterocycles. The van der Waals surface area contributed by atoms with Crippen molar-refractivity contribution in [2.45, 2.75) is 38.1 Å². The third-order valence-corrected chi connectivity index (χ3v) is 4.03. The van der Waals surface area contributed by atoms with Gasteiger partial charge >= 0.3 is 5.97 Å². The Kier molecular flexibility index (Phi) is 5.35. The fourth-order valence-electron chi connectivity index (χ4n) is 2.79. The van der Waals surface area contributed by atoms with Gasteiger partial charge in [-0.3, -0.25) is 9.59 Å². The summed E-state index contributed by atoms with van der Waals surface area (Å²) in [7, 11) is 1.40. The fourth-order valence-corrected chi connectivity index (χ4v) is 2.79. The normalized spacial score (nSPS) is 20.6. The highest BCUT2D eigenvalue weighted by molar-refractivity contribution is 5.77. The summed E-state index contributed by atoms with van der Waals surface area (Å²) < 4.78 is 18.8. The van der Waals surface area contributed by atoms with E-state index in [4.69, 9.17) is 9.84 Å². The van der Waals surface area contributed by atoms with Gasteiger partial charge in [0.1, 0.15) is 0 Å². The number of amides is 1. The first-order valence-corrected chi connectivity index (χ1v) is 7.34. The number of aliphatic carboxylic acids is 1. The lowest BCUT2D eigenvalue weighted by atomic mass is 10.1. The van der Waals surface area contributed by atoms with E-state index in [1.807, 2.05) is 0 Å². The molecule has 2 atom stereocenters. The number of benzene rings is 1. The van der Waals surface area contributed by atoms with E-state index >= 15 is 0 Å². The van der Waals surface area contributed by atoms with Crippen molar-refractivity contribution in [3.8, 4) is 5.75 Å². The average molecular weight is 309 g/mol. The van der Waals surface area contributed by atoms with Crippen LogP contribution in [0.4, 0.5) is 4.39 Å². The van der Waals surface area contributed by atoms with Gasteiger partial charge in [-0.05, 0) is 37.3 Å². The molecule has 0 bridgehead atoms. The lowest BCUT2D eigenvalue weighted by Crippen LogP contribution is -2.33. The number of hydrogen-bond donors (Lipinski definition) is 2. The molecule has 0 spiro atoms. The molecule has 1 saturated carbocycles. The fraction of sp³-hybridized carbons (Fsp3) is 0.500. The van der Waals surface area contributed by atoms with Crippen LogP contribution in [0.25, 0.3) is 0 Å². The van der Waals surface area contributed by atoms with Crippen LogP contribution >= 0.6 is 0 Å². The Bertz CT molecular complexity index is 561. The SMILES string of the molecule is COc1cccc(CCC(=O)N[C@H]2CC[C@@H](C(=O)O)C2)c1F. The lowest BCUT2D eigenvalue weighted by molar-refractivity contribution is -0.141. The largest absolute Gasteiger partial charge is 0.494 e. The van der Waals surface area contributed by atoms with Crippen LogP contribution in [0.3, 0.4) is 0 Å². The van der Waals surface area contributed by atoms with E-state index in [0.717, 1.165) is 0 Å². The molecular weight excluding hydrogens is 289 g/mol. The van der Waals surface area contributed by atoms with E-state index in [1.54, 1.807) is 12.1 Å². The van der Waals surface area contributed by atoms with E-state index < -0.39 is 11.8 Å². The number of carboxylic acid groups (broad SMARTS) is 1. The number of carbonyl (C=O) groups excluding carboxylic acids is 1. The van der Waals surface area contributed by atoms with Gasteiger partial charge in [0.05, 0.1) is 13.0 Å². The molecule has 6 heteroatoms. The lowest BCUT2D eigenvalue weighted by Gasteiger charge is -2.13. The second-order valence-electron chi connectivity index (χ2n) is 5.55. The number of methoxy groups -OCH3 is 1. The number of hydrogen-bond acceptors (Lipinski definition) is 3. The van der Waals surface area contributed by atoms with Crippen LogP contribution in [0, 0.1) is 11.7 Å². The summed E-state index contributed by atoms with van der Waals surface area (Å²) >= 11 is 0. The predicted molar refractivity (Wildman–Crippen MR) is 78.2 cm³/mol. The summed E-state index contributed by atoms with van der Waals surface area (Å²) in [6, 6.07) is 4.75. The zero-order chi connectivity index (χ0) is 16.1. The zero-order valence-corrected chi connectivity index (χ0v) is 12.5. The van der Waals surface area contributed by atoms with Gasteiger partial charge in [-0.25, -0.2) is 4.39 Å². The topological polar surface area (TPSA) is 75.6 Å². The standard InChI is InChI=1S/C16H20FNO4/c1-22-13-4-2-3-10(15(13)17)6-8-14(19)18-12-7-5-11(9-12)16(20)21/h2-4,11-12H,5-9H2,1H3,(H,18,19)(H,20,21)/t11-,12+/m1/s1. The molecule has 1 aliphatic carbocycles. The maximum absolute atomic E-state index is 13.9. The average Bonchev–Trinajstić information content (AvgIpc) is 2.95. The van der Waals surface area contributed by atoms with Crippen molar-refractivity contribution in [2.75, 3.05) is 7.11 Å². The number of rotatable bonds is 6. The van der Waals surface area contributed by atoms with Crippen molar-refractivity contribution in [3.63, 3.8) is 0 Å². The van der Waals surface area contributed by atoms with E-state index in [0.29, 0.717) is 24.8 Å². The van der Waals surface area contributed by atoms with Crippen LogP contribution in [0.5, 0.6) is 5.75 Å². The number of aryl methyl sites for hydroxylation is 1. The summed E-state index contributed by atoms with van der Waals surface area (Å²) in [5, 5.41) is 11.8. The highest BCUT2D eigenvalue weighted by Gasteiger charge is 2.30. The van der Waals surface area contributed by atoms with Crippen LogP contribution in [0.15, 0.2) is 18.2 Å². The van der Waals surface area contributed by atoms with Crippen LogP contribution in [0.2, 0.25) is 0 Å². The van der Waals surface area contributed by atoms with Crippen molar-refractivity contribution in [1.29, 1.82) is 0 Å². The number of carbonyl (C=O) groups is 2. The zero-order valence-electron chi connectivity index (χ0n) is 12.5. The Hall–Kier alpha value is -2.11. The quantitative estimate of drug-likeness (QED) is 0.844. The number of carboxylic acids is 1. The molecule has 1 fully saturated rings. The smallest absolute Gasteiger partial charge is 0.306 e. The molecule has 1 aromatic carbocycles. The number of ether oxygens (including phenoxy) is 1. The Labute approximate surface area is 128 Å². The number of halogens is 1. The molecular formula is C16H20FNO4. The molecule has 22 heavy (non-hydrogen) atoms. The van der Waals surface area contributed by atoms with Gasteiger partial charge < -0.3 is 15.2 Å². The highest BCUT2D eigenvalue weighted by Crippen LogP contribution is 2.26. The Morgan fingerprint density at radius 2 is 2.18 bits per heavy atom. The minimum atomic E-state index is -0.810. The second kappa shape index (κ2) is 7.24. The van der Waals surface area contributed by atoms with Crippen molar-refractivity contribution in [3.05, 3.63) is 29.6 Å². The summed E-state index contributed by atoms with van der Waals surface area (Å²) in [5.74, 6) is -1.64. The van der Waals surface area contributed by atoms with Gasteiger partial charge in [-0.2, -0.15) is 0 Å². The van der Waals surface area contributed by atoms with Gasteiger partial charge in [0, 0.05) is 12.5 Å². The Balaban J connectivity index is 1.82. The molecule has 5 nitrogen and oxygen atoms in total.